The SMILES string of the molecule is CCn1c(CCC(=O)Nc2ccc(C(=O)OC)s2)nc2cc(S(=O)(=O)N(C)C)ccc21. The van der Waals surface area contributed by atoms with Crippen LogP contribution in [-0.4, -0.2) is 55.4 Å². The van der Waals surface area contributed by atoms with Gasteiger partial charge in [0.2, 0.25) is 15.9 Å². The third-order valence-electron chi connectivity index (χ3n) is 4.72. The molecule has 1 N–H and O–H groups in total. The summed E-state index contributed by atoms with van der Waals surface area (Å²) >= 11 is 1.15. The van der Waals surface area contributed by atoms with Gasteiger partial charge in [-0.3, -0.25) is 4.79 Å². The van der Waals surface area contributed by atoms with Crippen LogP contribution in [0.1, 0.15) is 28.8 Å². The van der Waals surface area contributed by atoms with Crippen molar-refractivity contribution in [2.75, 3.05) is 26.5 Å². The highest BCUT2D eigenvalue weighted by Gasteiger charge is 2.20. The van der Waals surface area contributed by atoms with Gasteiger partial charge in [0.05, 0.1) is 28.0 Å². The second kappa shape index (κ2) is 9.16. The van der Waals surface area contributed by atoms with Crippen LogP contribution in [0, 0.1) is 0 Å². The first kappa shape index (κ1) is 22.9. The summed E-state index contributed by atoms with van der Waals surface area (Å²) in [4.78, 5) is 29.1. The van der Waals surface area contributed by atoms with Gasteiger partial charge in [-0.05, 0) is 37.3 Å². The molecular formula is C20H24N4O5S2. The van der Waals surface area contributed by atoms with Crippen LogP contribution in [0.4, 0.5) is 5.00 Å². The van der Waals surface area contributed by atoms with Gasteiger partial charge in [-0.1, -0.05) is 0 Å². The fourth-order valence-corrected chi connectivity index (χ4v) is 4.88. The summed E-state index contributed by atoms with van der Waals surface area (Å²) in [5.74, 6) is 0.0511. The Morgan fingerprint density at radius 1 is 1.23 bits per heavy atom. The number of rotatable bonds is 8. The number of hydrogen-bond acceptors (Lipinski definition) is 7. The van der Waals surface area contributed by atoms with Crippen LogP contribution in [-0.2, 0) is 32.5 Å². The average molecular weight is 465 g/mol. The Morgan fingerprint density at radius 3 is 2.61 bits per heavy atom. The molecule has 1 aromatic carbocycles. The van der Waals surface area contributed by atoms with Gasteiger partial charge in [0, 0.05) is 33.5 Å². The lowest BCUT2D eigenvalue weighted by atomic mass is 10.3. The molecule has 0 fully saturated rings. The van der Waals surface area contributed by atoms with E-state index in [4.69, 9.17) is 0 Å². The van der Waals surface area contributed by atoms with Crippen molar-refractivity contribution >= 4 is 49.3 Å². The highest BCUT2D eigenvalue weighted by molar-refractivity contribution is 7.89. The summed E-state index contributed by atoms with van der Waals surface area (Å²) in [5, 5.41) is 3.34. The number of thiophene rings is 1. The number of methoxy groups -OCH3 is 1. The molecule has 0 unspecified atom stereocenters. The zero-order chi connectivity index (χ0) is 22.8. The second-order valence-corrected chi connectivity index (χ2v) is 10.1. The smallest absolute Gasteiger partial charge is 0.348 e. The van der Waals surface area contributed by atoms with E-state index in [0.717, 1.165) is 21.2 Å². The Balaban J connectivity index is 1.75. The molecule has 3 rings (SSSR count). The van der Waals surface area contributed by atoms with E-state index in [1.165, 1.54) is 21.2 Å². The molecule has 0 bridgehead atoms. The predicted molar refractivity (Wildman–Crippen MR) is 119 cm³/mol. The fraction of sp³-hybridized carbons (Fsp3) is 0.350. The number of fused-ring (bicyclic) bond motifs is 1. The molecule has 0 saturated carbocycles. The fourth-order valence-electron chi connectivity index (χ4n) is 3.12. The van der Waals surface area contributed by atoms with Crippen molar-refractivity contribution in [1.29, 1.82) is 0 Å². The molecule has 2 aromatic heterocycles. The number of aryl methyl sites for hydroxylation is 2. The summed E-state index contributed by atoms with van der Waals surface area (Å²) in [6.45, 7) is 2.61. The number of hydrogen-bond donors (Lipinski definition) is 1. The number of ether oxygens (including phenoxy) is 1. The minimum atomic E-state index is -3.56. The van der Waals surface area contributed by atoms with Gasteiger partial charge in [0.15, 0.2) is 0 Å². The van der Waals surface area contributed by atoms with Crippen LogP contribution in [0.3, 0.4) is 0 Å². The van der Waals surface area contributed by atoms with Crippen LogP contribution in [0.5, 0.6) is 0 Å². The Kier molecular flexibility index (Phi) is 6.77. The molecule has 9 nitrogen and oxygen atoms in total. The Bertz CT molecular complexity index is 1230. The van der Waals surface area contributed by atoms with E-state index < -0.39 is 16.0 Å². The van der Waals surface area contributed by atoms with Crippen LogP contribution < -0.4 is 5.32 Å². The first-order valence-electron chi connectivity index (χ1n) is 9.57. The van der Waals surface area contributed by atoms with Crippen molar-refractivity contribution in [2.45, 2.75) is 31.2 Å². The molecular weight excluding hydrogens is 440 g/mol. The highest BCUT2D eigenvalue weighted by Crippen LogP contribution is 2.24. The van der Waals surface area contributed by atoms with Crippen LogP contribution in [0.2, 0.25) is 0 Å². The lowest BCUT2D eigenvalue weighted by Crippen LogP contribution is -2.22. The number of esters is 1. The normalized spacial score (nSPS) is 11.8. The van der Waals surface area contributed by atoms with Gasteiger partial charge in [-0.15, -0.1) is 11.3 Å². The van der Waals surface area contributed by atoms with E-state index >= 15 is 0 Å². The molecule has 0 aliphatic carbocycles. The van der Waals surface area contributed by atoms with Gasteiger partial charge in [-0.2, -0.15) is 0 Å². The molecule has 3 aromatic rings. The quantitative estimate of drug-likeness (QED) is 0.513. The van der Waals surface area contributed by atoms with Crippen molar-refractivity contribution in [1.82, 2.24) is 13.9 Å². The van der Waals surface area contributed by atoms with Crippen LogP contribution >= 0.6 is 11.3 Å². The number of nitrogens with zero attached hydrogens (tertiary/aromatic N) is 3. The zero-order valence-corrected chi connectivity index (χ0v) is 19.3. The zero-order valence-electron chi connectivity index (χ0n) is 17.7. The molecule has 0 saturated heterocycles. The maximum atomic E-state index is 12.4. The Labute approximate surface area is 184 Å². The molecule has 11 heteroatoms. The largest absolute Gasteiger partial charge is 0.465 e. The minimum Gasteiger partial charge on any atom is -0.465 e. The third-order valence-corrected chi connectivity index (χ3v) is 7.52. The number of carbonyl (C=O) groups is 2. The van der Waals surface area contributed by atoms with Gasteiger partial charge in [0.25, 0.3) is 0 Å². The van der Waals surface area contributed by atoms with Crippen molar-refractivity contribution < 1.29 is 22.7 Å². The topological polar surface area (TPSA) is 111 Å². The monoisotopic (exact) mass is 464 g/mol. The molecule has 31 heavy (non-hydrogen) atoms. The number of carbonyl (C=O) groups excluding carboxylic acids is 2. The molecule has 166 valence electrons. The van der Waals surface area contributed by atoms with E-state index in [1.54, 1.807) is 30.3 Å². The standard InChI is InChI=1S/C20H24N4O5S2/c1-5-24-15-7-6-13(31(27,28)23(2)3)12-14(15)21-17(24)9-10-18(25)22-19-11-8-16(30-19)20(26)29-4/h6-8,11-12H,5,9-10H2,1-4H3,(H,22,25). The van der Waals surface area contributed by atoms with Gasteiger partial charge >= 0.3 is 5.97 Å². The maximum absolute atomic E-state index is 12.4. The number of anilines is 1. The second-order valence-electron chi connectivity index (χ2n) is 6.91. The first-order chi connectivity index (χ1) is 14.7. The first-order valence-corrected chi connectivity index (χ1v) is 11.8. The van der Waals surface area contributed by atoms with Crippen molar-refractivity contribution in [3.05, 3.63) is 41.0 Å². The number of sulfonamides is 1. The Hall–Kier alpha value is -2.76. The minimum absolute atomic E-state index is 0.175. The molecule has 0 aliphatic heterocycles. The predicted octanol–water partition coefficient (Wildman–Crippen LogP) is 2.73. The Morgan fingerprint density at radius 2 is 1.97 bits per heavy atom. The van der Waals surface area contributed by atoms with E-state index in [2.05, 4.69) is 15.0 Å². The summed E-state index contributed by atoms with van der Waals surface area (Å²) < 4.78 is 32.6. The number of benzene rings is 1. The summed E-state index contributed by atoms with van der Waals surface area (Å²) in [6, 6.07) is 8.12. The van der Waals surface area contributed by atoms with E-state index in [9.17, 15) is 18.0 Å². The van der Waals surface area contributed by atoms with Gasteiger partial charge in [-0.25, -0.2) is 22.5 Å². The van der Waals surface area contributed by atoms with Gasteiger partial charge < -0.3 is 14.6 Å². The molecule has 1 amide bonds. The molecule has 0 spiro atoms. The van der Waals surface area contributed by atoms with E-state index in [-0.39, 0.29) is 17.2 Å². The van der Waals surface area contributed by atoms with Crippen molar-refractivity contribution in [3.63, 3.8) is 0 Å². The van der Waals surface area contributed by atoms with E-state index in [1.807, 2.05) is 11.5 Å². The van der Waals surface area contributed by atoms with Crippen LogP contribution in [0.25, 0.3) is 11.0 Å². The molecule has 2 heterocycles. The summed E-state index contributed by atoms with van der Waals surface area (Å²) in [7, 11) is 0.712. The lowest BCUT2D eigenvalue weighted by Gasteiger charge is -2.11. The third kappa shape index (κ3) is 4.78. The maximum Gasteiger partial charge on any atom is 0.348 e. The average Bonchev–Trinajstić information content (AvgIpc) is 3.34. The highest BCUT2D eigenvalue weighted by atomic mass is 32.2. The number of aromatic nitrogens is 2. The molecule has 0 radical (unpaired) electrons. The number of nitrogens with one attached hydrogen (secondary N) is 1. The van der Waals surface area contributed by atoms with E-state index in [0.29, 0.717) is 34.2 Å². The number of imidazole rings is 1. The number of amides is 1. The summed E-state index contributed by atoms with van der Waals surface area (Å²) in [5.41, 5.74) is 1.39. The van der Waals surface area contributed by atoms with Crippen molar-refractivity contribution in [3.8, 4) is 0 Å². The molecule has 0 atom stereocenters. The van der Waals surface area contributed by atoms with Crippen molar-refractivity contribution in [2.24, 2.45) is 0 Å². The lowest BCUT2D eigenvalue weighted by molar-refractivity contribution is -0.116. The summed E-state index contributed by atoms with van der Waals surface area (Å²) in [6.07, 6.45) is 0.580. The van der Waals surface area contributed by atoms with Gasteiger partial charge in [0.1, 0.15) is 10.7 Å². The van der Waals surface area contributed by atoms with Crippen LogP contribution in [0.15, 0.2) is 35.2 Å². The molecule has 0 aliphatic rings.